The first kappa shape index (κ1) is 23.8. The Kier molecular flexibility index (Phi) is 7.01. The van der Waals surface area contributed by atoms with E-state index in [1.54, 1.807) is 0 Å². The van der Waals surface area contributed by atoms with Gasteiger partial charge in [0.15, 0.2) is 5.82 Å². The summed E-state index contributed by atoms with van der Waals surface area (Å²) in [6.07, 6.45) is -3.07. The molecule has 0 aliphatic rings. The number of nitrogens with zero attached hydrogens (tertiary/aromatic N) is 5. The average Bonchev–Trinajstić information content (AvgIpc) is 2.72. The number of aromatic nitrogens is 4. The zero-order valence-electron chi connectivity index (χ0n) is 17.5. The molecule has 33 heavy (non-hydrogen) atoms. The van der Waals surface area contributed by atoms with E-state index in [0.29, 0.717) is 6.92 Å². The Morgan fingerprint density at radius 2 is 1.79 bits per heavy atom. The summed E-state index contributed by atoms with van der Waals surface area (Å²) in [6.45, 7) is 2.18. The van der Waals surface area contributed by atoms with Gasteiger partial charge in [-0.05, 0) is 37.3 Å². The summed E-state index contributed by atoms with van der Waals surface area (Å²) in [7, 11) is 0. The van der Waals surface area contributed by atoms with Crippen molar-refractivity contribution in [2.45, 2.75) is 38.7 Å². The summed E-state index contributed by atoms with van der Waals surface area (Å²) in [4.78, 5) is 16.2. The first-order chi connectivity index (χ1) is 15.5. The van der Waals surface area contributed by atoms with E-state index in [9.17, 15) is 22.0 Å². The van der Waals surface area contributed by atoms with E-state index in [1.165, 1.54) is 25.1 Å². The molecule has 0 fully saturated rings. The molecule has 0 aliphatic carbocycles. The maximum atomic E-state index is 13.8. The molecule has 1 aromatic carbocycles. The van der Waals surface area contributed by atoms with Gasteiger partial charge in [-0.1, -0.05) is 6.07 Å². The third kappa shape index (κ3) is 6.55. The second-order valence-electron chi connectivity index (χ2n) is 7.24. The fourth-order valence-corrected chi connectivity index (χ4v) is 2.82. The highest BCUT2D eigenvalue weighted by molar-refractivity contribution is 5.60. The number of benzene rings is 1. The summed E-state index contributed by atoms with van der Waals surface area (Å²) in [5.41, 5.74) is -0.354. The van der Waals surface area contributed by atoms with Crippen LogP contribution in [0.5, 0.6) is 0 Å². The van der Waals surface area contributed by atoms with Gasteiger partial charge in [-0.3, -0.25) is 0 Å². The SMILES string of the molecule is CC(CC(F)F)Nc1nc(Nc2cc(F)cc(C#N)c2)nc(-c2cccc(C(C)(F)F)n2)n1. The van der Waals surface area contributed by atoms with Crippen molar-refractivity contribution >= 4 is 17.6 Å². The summed E-state index contributed by atoms with van der Waals surface area (Å²) in [5.74, 6) is -4.29. The van der Waals surface area contributed by atoms with Gasteiger partial charge in [0.1, 0.15) is 17.2 Å². The maximum absolute atomic E-state index is 13.8. The number of hydrogen-bond donors (Lipinski definition) is 2. The first-order valence-electron chi connectivity index (χ1n) is 9.67. The van der Waals surface area contributed by atoms with Crippen LogP contribution in [-0.4, -0.2) is 32.4 Å². The average molecular weight is 463 g/mol. The molecule has 0 saturated heterocycles. The van der Waals surface area contributed by atoms with Crippen molar-refractivity contribution in [1.82, 2.24) is 19.9 Å². The number of rotatable bonds is 8. The fraction of sp³-hybridized carbons (Fsp3) is 0.286. The predicted octanol–water partition coefficient (Wildman–Crippen LogP) is 5.26. The lowest BCUT2D eigenvalue weighted by Crippen LogP contribution is -2.21. The Morgan fingerprint density at radius 1 is 1.06 bits per heavy atom. The van der Waals surface area contributed by atoms with E-state index in [0.717, 1.165) is 18.2 Å². The molecular weight excluding hydrogens is 445 g/mol. The molecule has 0 aliphatic heterocycles. The van der Waals surface area contributed by atoms with Crippen LogP contribution >= 0.6 is 0 Å². The van der Waals surface area contributed by atoms with Crippen LogP contribution in [0.3, 0.4) is 0 Å². The maximum Gasteiger partial charge on any atom is 0.286 e. The van der Waals surface area contributed by atoms with Crippen LogP contribution in [0.15, 0.2) is 36.4 Å². The van der Waals surface area contributed by atoms with Crippen molar-refractivity contribution in [2.24, 2.45) is 0 Å². The van der Waals surface area contributed by atoms with Gasteiger partial charge in [0.05, 0.1) is 11.6 Å². The number of anilines is 3. The standard InChI is InChI=1S/C21H18F5N7/c1-11(6-17(23)24)28-19-31-18(15-4-3-5-16(30-15)21(2,25)26)32-20(33-19)29-14-8-12(10-27)7-13(22)9-14/h3-5,7-9,11,17H,6H2,1-2H3,(H2,28,29,31,32,33). The van der Waals surface area contributed by atoms with Gasteiger partial charge in [-0.25, -0.2) is 18.2 Å². The Labute approximate surface area is 185 Å². The van der Waals surface area contributed by atoms with Crippen molar-refractivity contribution in [3.8, 4) is 17.6 Å². The van der Waals surface area contributed by atoms with Gasteiger partial charge >= 0.3 is 0 Å². The lowest BCUT2D eigenvalue weighted by atomic mass is 10.2. The summed E-state index contributed by atoms with van der Waals surface area (Å²) < 4.78 is 66.7. The molecule has 12 heteroatoms. The minimum absolute atomic E-state index is 0.0130. The smallest absolute Gasteiger partial charge is 0.286 e. The molecule has 7 nitrogen and oxygen atoms in total. The Morgan fingerprint density at radius 3 is 2.45 bits per heavy atom. The van der Waals surface area contributed by atoms with Crippen LogP contribution in [0.4, 0.5) is 39.5 Å². The quantitative estimate of drug-likeness (QED) is 0.440. The van der Waals surface area contributed by atoms with Gasteiger partial charge in [0.25, 0.3) is 5.92 Å². The van der Waals surface area contributed by atoms with Crippen molar-refractivity contribution in [1.29, 1.82) is 5.26 Å². The van der Waals surface area contributed by atoms with Crippen molar-refractivity contribution in [3.63, 3.8) is 0 Å². The lowest BCUT2D eigenvalue weighted by molar-refractivity contribution is 0.0129. The number of alkyl halides is 4. The van der Waals surface area contributed by atoms with Gasteiger partial charge < -0.3 is 10.6 Å². The van der Waals surface area contributed by atoms with E-state index in [1.807, 2.05) is 6.07 Å². The fourth-order valence-electron chi connectivity index (χ4n) is 2.82. The normalized spacial score (nSPS) is 12.3. The van der Waals surface area contributed by atoms with Crippen LogP contribution in [0, 0.1) is 17.1 Å². The van der Waals surface area contributed by atoms with Gasteiger partial charge in [-0.2, -0.15) is 29.0 Å². The lowest BCUT2D eigenvalue weighted by Gasteiger charge is -2.15. The minimum Gasteiger partial charge on any atom is -0.351 e. The molecule has 0 bridgehead atoms. The molecule has 2 aromatic heterocycles. The van der Waals surface area contributed by atoms with Gasteiger partial charge in [0.2, 0.25) is 18.3 Å². The highest BCUT2D eigenvalue weighted by Gasteiger charge is 2.26. The van der Waals surface area contributed by atoms with E-state index in [4.69, 9.17) is 5.26 Å². The summed E-state index contributed by atoms with van der Waals surface area (Å²) >= 11 is 0. The zero-order valence-corrected chi connectivity index (χ0v) is 17.5. The largest absolute Gasteiger partial charge is 0.351 e. The Bertz CT molecular complexity index is 1170. The molecular formula is C21H18F5N7. The molecule has 1 unspecified atom stereocenters. The van der Waals surface area contributed by atoms with E-state index < -0.39 is 36.3 Å². The van der Waals surface area contributed by atoms with Crippen molar-refractivity contribution in [2.75, 3.05) is 10.6 Å². The zero-order chi connectivity index (χ0) is 24.2. The molecule has 3 rings (SSSR count). The van der Waals surface area contributed by atoms with Crippen LogP contribution in [-0.2, 0) is 5.92 Å². The van der Waals surface area contributed by atoms with Crippen molar-refractivity contribution in [3.05, 3.63) is 53.5 Å². The third-order valence-corrected chi connectivity index (χ3v) is 4.25. The monoisotopic (exact) mass is 463 g/mol. The van der Waals surface area contributed by atoms with Crippen molar-refractivity contribution < 1.29 is 22.0 Å². The molecule has 0 radical (unpaired) electrons. The van der Waals surface area contributed by atoms with Crippen LogP contribution < -0.4 is 10.6 Å². The predicted molar refractivity (Wildman–Crippen MR) is 111 cm³/mol. The van der Waals surface area contributed by atoms with Gasteiger partial charge in [0, 0.05) is 25.1 Å². The third-order valence-electron chi connectivity index (χ3n) is 4.25. The number of hydrogen-bond acceptors (Lipinski definition) is 7. The molecule has 1 atom stereocenters. The summed E-state index contributed by atoms with van der Waals surface area (Å²) in [6, 6.07) is 8.44. The number of nitriles is 1. The van der Waals surface area contributed by atoms with Crippen LogP contribution in [0.1, 0.15) is 31.5 Å². The molecule has 2 N–H and O–H groups in total. The topological polar surface area (TPSA) is 99.4 Å². The van der Waals surface area contributed by atoms with E-state index in [2.05, 4.69) is 30.6 Å². The van der Waals surface area contributed by atoms with E-state index in [-0.39, 0.29) is 34.7 Å². The number of nitrogens with one attached hydrogen (secondary N) is 2. The second kappa shape index (κ2) is 9.72. The molecule has 0 spiro atoms. The minimum atomic E-state index is -3.22. The molecule has 0 amide bonds. The highest BCUT2D eigenvalue weighted by Crippen LogP contribution is 2.27. The molecule has 172 valence electrons. The Balaban J connectivity index is 2.03. The Hall–Kier alpha value is -3.88. The molecule has 0 saturated carbocycles. The van der Waals surface area contributed by atoms with Crippen LogP contribution in [0.25, 0.3) is 11.5 Å². The highest BCUT2D eigenvalue weighted by atomic mass is 19.3. The molecule has 2 heterocycles. The molecule has 3 aromatic rings. The van der Waals surface area contributed by atoms with Crippen LogP contribution in [0.2, 0.25) is 0 Å². The number of pyridine rings is 1. The number of halogens is 5. The summed E-state index contributed by atoms with van der Waals surface area (Å²) in [5, 5.41) is 14.4. The van der Waals surface area contributed by atoms with Gasteiger partial charge in [-0.15, -0.1) is 0 Å². The first-order valence-corrected chi connectivity index (χ1v) is 9.67. The van der Waals surface area contributed by atoms with E-state index >= 15 is 0 Å². The second-order valence-corrected chi connectivity index (χ2v) is 7.24.